The fraction of sp³-hybridized carbons (Fsp3) is 0.375. The van der Waals surface area contributed by atoms with Gasteiger partial charge in [-0.25, -0.2) is 4.98 Å². The van der Waals surface area contributed by atoms with Crippen LogP contribution < -0.4 is 10.1 Å². The van der Waals surface area contributed by atoms with Crippen molar-refractivity contribution in [3.05, 3.63) is 40.7 Å². The molecule has 0 aromatic carbocycles. The normalized spacial score (nSPS) is 10.2. The number of nitriles is 1. The van der Waals surface area contributed by atoms with Crippen LogP contribution in [0.4, 0.5) is 5.82 Å². The van der Waals surface area contributed by atoms with E-state index >= 15 is 0 Å². The van der Waals surface area contributed by atoms with Gasteiger partial charge in [0.05, 0.1) is 12.3 Å². The number of hydrogen-bond acceptors (Lipinski definition) is 7. The molecule has 23 heavy (non-hydrogen) atoms. The largest absolute Gasteiger partial charge is 0.475 e. The highest BCUT2D eigenvalue weighted by Crippen LogP contribution is 2.18. The first-order chi connectivity index (χ1) is 11.2. The summed E-state index contributed by atoms with van der Waals surface area (Å²) >= 11 is 0. The van der Waals surface area contributed by atoms with Crippen molar-refractivity contribution in [1.29, 1.82) is 5.26 Å². The van der Waals surface area contributed by atoms with Crippen molar-refractivity contribution in [3.8, 4) is 11.9 Å². The van der Waals surface area contributed by atoms with Crippen LogP contribution in [0.5, 0.6) is 5.88 Å². The van der Waals surface area contributed by atoms with Gasteiger partial charge in [0.15, 0.2) is 5.82 Å². The van der Waals surface area contributed by atoms with Crippen LogP contribution in [0.2, 0.25) is 0 Å². The fourth-order valence-electron chi connectivity index (χ4n) is 1.89. The standard InChI is InChI=1S/C16H19N5O2/c1-11-12(2)20-21-16(14(11)8-17)19-10-13-4-5-15(18-9-13)23-7-6-22-3/h4-5,9H,6-7,10H2,1-3H3,(H,19,21). The molecule has 0 saturated heterocycles. The Balaban J connectivity index is 1.99. The second kappa shape index (κ2) is 8.06. The van der Waals surface area contributed by atoms with E-state index in [4.69, 9.17) is 9.47 Å². The molecule has 0 aliphatic carbocycles. The van der Waals surface area contributed by atoms with Crippen molar-refractivity contribution >= 4 is 5.82 Å². The molecule has 0 aliphatic heterocycles. The number of hydrogen-bond donors (Lipinski definition) is 1. The predicted octanol–water partition coefficient (Wildman–Crippen LogP) is 2.00. The van der Waals surface area contributed by atoms with Crippen LogP contribution in [-0.4, -0.2) is 35.5 Å². The summed E-state index contributed by atoms with van der Waals surface area (Å²) in [4.78, 5) is 4.22. The van der Waals surface area contributed by atoms with E-state index in [1.807, 2.05) is 19.9 Å². The molecule has 0 unspecified atom stereocenters. The fourth-order valence-corrected chi connectivity index (χ4v) is 1.89. The number of pyridine rings is 1. The van der Waals surface area contributed by atoms with E-state index in [2.05, 4.69) is 26.6 Å². The summed E-state index contributed by atoms with van der Waals surface area (Å²) in [6.07, 6.45) is 1.72. The molecule has 0 amide bonds. The lowest BCUT2D eigenvalue weighted by Crippen LogP contribution is -2.08. The van der Waals surface area contributed by atoms with Gasteiger partial charge >= 0.3 is 0 Å². The van der Waals surface area contributed by atoms with Crippen molar-refractivity contribution in [3.63, 3.8) is 0 Å². The molecule has 7 nitrogen and oxygen atoms in total. The number of nitrogens with one attached hydrogen (secondary N) is 1. The number of ether oxygens (including phenoxy) is 2. The summed E-state index contributed by atoms with van der Waals surface area (Å²) in [5.41, 5.74) is 3.06. The Morgan fingerprint density at radius 2 is 2.04 bits per heavy atom. The van der Waals surface area contributed by atoms with Gasteiger partial charge in [0, 0.05) is 25.9 Å². The highest BCUT2D eigenvalue weighted by Gasteiger charge is 2.10. The average Bonchev–Trinajstić information content (AvgIpc) is 2.57. The van der Waals surface area contributed by atoms with E-state index < -0.39 is 0 Å². The third-order valence-corrected chi connectivity index (χ3v) is 3.36. The van der Waals surface area contributed by atoms with Crippen molar-refractivity contribution in [2.45, 2.75) is 20.4 Å². The van der Waals surface area contributed by atoms with Crippen LogP contribution >= 0.6 is 0 Å². The van der Waals surface area contributed by atoms with Gasteiger partial charge in [-0.3, -0.25) is 0 Å². The maximum Gasteiger partial charge on any atom is 0.213 e. The van der Waals surface area contributed by atoms with Gasteiger partial charge in [-0.05, 0) is 25.0 Å². The minimum absolute atomic E-state index is 0.463. The SMILES string of the molecule is COCCOc1ccc(CNc2nnc(C)c(C)c2C#N)cn1. The Morgan fingerprint density at radius 1 is 1.22 bits per heavy atom. The average molecular weight is 313 g/mol. The number of rotatable bonds is 7. The minimum atomic E-state index is 0.463. The van der Waals surface area contributed by atoms with E-state index in [9.17, 15) is 5.26 Å². The molecular weight excluding hydrogens is 294 g/mol. The van der Waals surface area contributed by atoms with Gasteiger partial charge in [-0.2, -0.15) is 10.4 Å². The Bertz CT molecular complexity index is 695. The second-order valence-electron chi connectivity index (χ2n) is 4.95. The van der Waals surface area contributed by atoms with Crippen molar-refractivity contribution in [2.24, 2.45) is 0 Å². The maximum absolute atomic E-state index is 9.26. The first-order valence-corrected chi connectivity index (χ1v) is 7.20. The molecule has 0 bridgehead atoms. The quantitative estimate of drug-likeness (QED) is 0.781. The molecule has 2 aromatic heterocycles. The molecule has 1 N–H and O–H groups in total. The smallest absolute Gasteiger partial charge is 0.213 e. The molecule has 120 valence electrons. The lowest BCUT2D eigenvalue weighted by molar-refractivity contribution is 0.143. The molecule has 7 heteroatoms. The van der Waals surface area contributed by atoms with Crippen molar-refractivity contribution in [1.82, 2.24) is 15.2 Å². The van der Waals surface area contributed by atoms with E-state index in [0.29, 0.717) is 37.0 Å². The highest BCUT2D eigenvalue weighted by molar-refractivity contribution is 5.55. The topological polar surface area (TPSA) is 93.0 Å². The van der Waals surface area contributed by atoms with Crippen LogP contribution in [0.1, 0.15) is 22.4 Å². The number of anilines is 1. The van der Waals surface area contributed by atoms with Gasteiger partial charge in [-0.15, -0.1) is 5.10 Å². The molecule has 0 fully saturated rings. The highest BCUT2D eigenvalue weighted by atomic mass is 16.5. The van der Waals surface area contributed by atoms with Crippen LogP contribution in [0.25, 0.3) is 0 Å². The van der Waals surface area contributed by atoms with E-state index in [-0.39, 0.29) is 0 Å². The van der Waals surface area contributed by atoms with E-state index in [0.717, 1.165) is 16.8 Å². The zero-order valence-corrected chi connectivity index (χ0v) is 13.5. The van der Waals surface area contributed by atoms with E-state index in [1.54, 1.807) is 19.4 Å². The molecule has 0 radical (unpaired) electrons. The number of nitrogens with zero attached hydrogens (tertiary/aromatic N) is 4. The molecule has 0 aliphatic rings. The third-order valence-electron chi connectivity index (χ3n) is 3.36. The molecule has 2 aromatic rings. The molecule has 2 heterocycles. The summed E-state index contributed by atoms with van der Waals surface area (Å²) in [5.74, 6) is 1.03. The molecule has 2 rings (SSSR count). The van der Waals surface area contributed by atoms with Gasteiger partial charge in [-0.1, -0.05) is 6.07 Å². The summed E-state index contributed by atoms with van der Waals surface area (Å²) < 4.78 is 10.3. The van der Waals surface area contributed by atoms with Crippen LogP contribution in [0, 0.1) is 25.2 Å². The van der Waals surface area contributed by atoms with Crippen molar-refractivity contribution in [2.75, 3.05) is 25.6 Å². The zero-order chi connectivity index (χ0) is 16.7. The Hall–Kier alpha value is -2.72. The maximum atomic E-state index is 9.26. The number of methoxy groups -OCH3 is 1. The van der Waals surface area contributed by atoms with Gasteiger partial charge in [0.2, 0.25) is 5.88 Å². The third kappa shape index (κ3) is 4.37. The van der Waals surface area contributed by atoms with Crippen molar-refractivity contribution < 1.29 is 9.47 Å². The van der Waals surface area contributed by atoms with Crippen LogP contribution in [0.15, 0.2) is 18.3 Å². The van der Waals surface area contributed by atoms with E-state index in [1.165, 1.54) is 0 Å². The molecule has 0 spiro atoms. The van der Waals surface area contributed by atoms with Crippen LogP contribution in [0.3, 0.4) is 0 Å². The minimum Gasteiger partial charge on any atom is -0.475 e. The summed E-state index contributed by atoms with van der Waals surface area (Å²) in [6, 6.07) is 5.87. The molecule has 0 saturated carbocycles. The zero-order valence-electron chi connectivity index (χ0n) is 13.5. The first kappa shape index (κ1) is 16.6. The van der Waals surface area contributed by atoms with Gasteiger partial charge in [0.25, 0.3) is 0 Å². The summed E-state index contributed by atoms with van der Waals surface area (Å²) in [5, 5.41) is 20.5. The van der Waals surface area contributed by atoms with Gasteiger partial charge < -0.3 is 14.8 Å². The second-order valence-corrected chi connectivity index (χ2v) is 4.95. The number of aromatic nitrogens is 3. The van der Waals surface area contributed by atoms with Crippen LogP contribution in [-0.2, 0) is 11.3 Å². The van der Waals surface area contributed by atoms with Gasteiger partial charge in [0.1, 0.15) is 18.2 Å². The molecule has 0 atom stereocenters. The Kier molecular flexibility index (Phi) is 5.83. The Labute approximate surface area is 135 Å². The molecular formula is C16H19N5O2. The lowest BCUT2D eigenvalue weighted by atomic mass is 10.1. The summed E-state index contributed by atoms with van der Waals surface area (Å²) in [6.45, 7) is 5.18. The predicted molar refractivity (Wildman–Crippen MR) is 85.2 cm³/mol. The Morgan fingerprint density at radius 3 is 2.70 bits per heavy atom. The lowest BCUT2D eigenvalue weighted by Gasteiger charge is -2.10. The number of aryl methyl sites for hydroxylation is 1. The monoisotopic (exact) mass is 313 g/mol. The summed E-state index contributed by atoms with van der Waals surface area (Å²) in [7, 11) is 1.62. The first-order valence-electron chi connectivity index (χ1n) is 7.20.